The lowest BCUT2D eigenvalue weighted by atomic mass is 10.0. The van der Waals surface area contributed by atoms with E-state index in [1.807, 2.05) is 21.1 Å². The summed E-state index contributed by atoms with van der Waals surface area (Å²) < 4.78 is 34.7. The zero-order chi connectivity index (χ0) is 62.6. The van der Waals surface area contributed by atoms with Crippen LogP contribution >= 0.6 is 7.82 Å². The van der Waals surface area contributed by atoms with Gasteiger partial charge in [-0.25, -0.2) is 4.57 Å². The van der Waals surface area contributed by atoms with E-state index in [1.54, 1.807) is 0 Å². The lowest BCUT2D eigenvalue weighted by Gasteiger charge is -2.24. The molecule has 0 spiro atoms. The number of hydrogen-bond donors (Lipinski definition) is 1. The fourth-order valence-corrected chi connectivity index (χ4v) is 11.2. The quantitative estimate of drug-likeness (QED) is 0.0211. The molecule has 86 heavy (non-hydrogen) atoms. The van der Waals surface area contributed by atoms with E-state index in [-0.39, 0.29) is 32.0 Å². The van der Waals surface area contributed by atoms with Crippen LogP contribution in [0.25, 0.3) is 0 Å². The first-order valence-electron chi connectivity index (χ1n) is 36.3. The molecular weight excluding hydrogens is 1090 g/mol. The van der Waals surface area contributed by atoms with Gasteiger partial charge in [-0.1, -0.05) is 336 Å². The first-order chi connectivity index (χ1) is 42.0. The fraction of sp³-hybridized carbons (Fsp3) is 0.789. The molecule has 9 nitrogen and oxygen atoms in total. The molecule has 0 aliphatic heterocycles. The number of esters is 2. The van der Waals surface area contributed by atoms with Crippen LogP contribution in [0.3, 0.4) is 0 Å². The number of allylic oxidation sites excluding steroid dienone is 14. The lowest BCUT2D eigenvalue weighted by molar-refractivity contribution is -0.870. The maximum atomic E-state index is 12.9. The highest BCUT2D eigenvalue weighted by Crippen LogP contribution is 2.43. The summed E-state index contributed by atoms with van der Waals surface area (Å²) in [5.74, 6) is -0.811. The van der Waals surface area contributed by atoms with Gasteiger partial charge in [0.25, 0.3) is 0 Å². The van der Waals surface area contributed by atoms with Crippen molar-refractivity contribution in [2.45, 2.75) is 341 Å². The van der Waals surface area contributed by atoms with Crippen molar-refractivity contribution in [3.63, 3.8) is 0 Å². The van der Waals surface area contributed by atoms with Gasteiger partial charge in [0.15, 0.2) is 6.10 Å². The number of quaternary nitrogens is 1. The predicted octanol–water partition coefficient (Wildman–Crippen LogP) is 23.7. The van der Waals surface area contributed by atoms with E-state index in [1.165, 1.54) is 205 Å². The Morgan fingerprint density at radius 2 is 0.663 bits per heavy atom. The van der Waals surface area contributed by atoms with Crippen LogP contribution in [0.5, 0.6) is 0 Å². The van der Waals surface area contributed by atoms with Crippen molar-refractivity contribution >= 4 is 19.8 Å². The standard InChI is InChI=1S/C76H138NO8P/c1-6-8-10-12-14-16-18-20-22-24-26-28-30-32-34-35-36-37-38-39-40-41-43-44-46-48-50-52-54-56-58-60-62-64-66-68-75(78)82-72-74(73-84-86(80,81)83-71-70-77(3,4)5)85-76(79)69-67-65-63-61-59-57-55-53-51-49-47-45-42-33-31-29-27-25-23-21-19-17-15-13-11-9-7-2/h9,11,15,17,21,23,27,29,33,42,47,49,53,55,74H,6-8,10,12-14,16,18-20,22,24-26,28,30-32,34-41,43-46,48,50-52,54,56-73H2,1-5H3/p+1/b11-9-,17-15-,23-21-,29-27-,42-33-,49-47-,55-53-. The SMILES string of the molecule is CC/C=C\C/C=C\C/C=C\C/C=C\C/C=C\C/C=C\C/C=C\CCCCCCCC(=O)OC(COC(=O)CCCCCCCCCCCCCCCCCCCCCCCCCCCCCCCCCCCCC)COP(=O)(O)OCC[N+](C)(C)C. The van der Waals surface area contributed by atoms with Crippen LogP contribution in [0.4, 0.5) is 0 Å². The Labute approximate surface area is 532 Å². The third kappa shape index (κ3) is 70.3. The summed E-state index contributed by atoms with van der Waals surface area (Å²) in [6, 6.07) is 0. The van der Waals surface area contributed by atoms with Gasteiger partial charge in [-0.05, 0) is 70.6 Å². The van der Waals surface area contributed by atoms with Gasteiger partial charge in [0.1, 0.15) is 19.8 Å². The lowest BCUT2D eigenvalue weighted by Crippen LogP contribution is -2.37. The minimum atomic E-state index is -4.40. The number of carbonyl (C=O) groups excluding carboxylic acids is 2. The van der Waals surface area contributed by atoms with Crippen LogP contribution in [-0.4, -0.2) is 74.9 Å². The minimum absolute atomic E-state index is 0.0249. The van der Waals surface area contributed by atoms with Gasteiger partial charge in [-0.2, -0.15) is 0 Å². The van der Waals surface area contributed by atoms with E-state index >= 15 is 0 Å². The average Bonchev–Trinajstić information content (AvgIpc) is 3.53. The number of phosphoric ester groups is 1. The molecule has 0 aromatic carbocycles. The zero-order valence-corrected chi connectivity index (χ0v) is 57.9. The van der Waals surface area contributed by atoms with E-state index in [9.17, 15) is 19.0 Å². The fourth-order valence-electron chi connectivity index (χ4n) is 10.4. The van der Waals surface area contributed by atoms with Crippen molar-refractivity contribution in [2.24, 2.45) is 0 Å². The molecule has 1 N–H and O–H groups in total. The third-order valence-electron chi connectivity index (χ3n) is 15.9. The minimum Gasteiger partial charge on any atom is -0.462 e. The van der Waals surface area contributed by atoms with Gasteiger partial charge in [0, 0.05) is 12.8 Å². The van der Waals surface area contributed by atoms with E-state index in [0.29, 0.717) is 17.4 Å². The predicted molar refractivity (Wildman–Crippen MR) is 372 cm³/mol. The van der Waals surface area contributed by atoms with Crippen molar-refractivity contribution in [1.29, 1.82) is 0 Å². The van der Waals surface area contributed by atoms with Crippen molar-refractivity contribution in [3.05, 3.63) is 85.1 Å². The summed E-state index contributed by atoms with van der Waals surface area (Å²) in [5.41, 5.74) is 0. The summed E-state index contributed by atoms with van der Waals surface area (Å²) in [4.78, 5) is 35.9. The van der Waals surface area contributed by atoms with Gasteiger partial charge < -0.3 is 18.9 Å². The Morgan fingerprint density at radius 3 is 0.988 bits per heavy atom. The number of phosphoric acid groups is 1. The second-order valence-electron chi connectivity index (χ2n) is 25.6. The number of nitrogens with zero attached hydrogens (tertiary/aromatic N) is 1. The molecule has 0 aliphatic carbocycles. The largest absolute Gasteiger partial charge is 0.472 e. The molecule has 0 bridgehead atoms. The maximum Gasteiger partial charge on any atom is 0.472 e. The monoisotopic (exact) mass is 1230 g/mol. The molecule has 0 radical (unpaired) electrons. The second kappa shape index (κ2) is 66.6. The van der Waals surface area contributed by atoms with Crippen LogP contribution in [0.2, 0.25) is 0 Å². The Kier molecular flexibility index (Phi) is 64.4. The van der Waals surface area contributed by atoms with E-state index in [0.717, 1.165) is 96.3 Å². The van der Waals surface area contributed by atoms with E-state index in [4.69, 9.17) is 18.5 Å². The maximum absolute atomic E-state index is 12.9. The van der Waals surface area contributed by atoms with Crippen LogP contribution in [0, 0.1) is 0 Å². The molecule has 0 amide bonds. The molecule has 0 rings (SSSR count). The Morgan fingerprint density at radius 1 is 0.372 bits per heavy atom. The summed E-state index contributed by atoms with van der Waals surface area (Å²) in [5, 5.41) is 0. The number of hydrogen-bond acceptors (Lipinski definition) is 7. The van der Waals surface area contributed by atoms with Crippen LogP contribution < -0.4 is 0 Å². The van der Waals surface area contributed by atoms with Crippen molar-refractivity contribution in [2.75, 3.05) is 47.5 Å². The summed E-state index contributed by atoms with van der Waals surface area (Å²) >= 11 is 0. The number of likely N-dealkylation sites (N-methyl/N-ethyl adjacent to an activating group) is 1. The van der Waals surface area contributed by atoms with Crippen molar-refractivity contribution in [1.82, 2.24) is 0 Å². The molecule has 0 fully saturated rings. The molecule has 0 aliphatic rings. The van der Waals surface area contributed by atoms with Crippen LogP contribution in [0.15, 0.2) is 85.1 Å². The molecule has 10 heteroatoms. The van der Waals surface area contributed by atoms with Crippen LogP contribution in [-0.2, 0) is 32.7 Å². The van der Waals surface area contributed by atoms with Crippen LogP contribution in [0.1, 0.15) is 335 Å². The van der Waals surface area contributed by atoms with Gasteiger partial charge in [-0.3, -0.25) is 18.6 Å². The van der Waals surface area contributed by atoms with Crippen molar-refractivity contribution in [3.8, 4) is 0 Å². The number of ether oxygens (including phenoxy) is 2. The smallest absolute Gasteiger partial charge is 0.462 e. The first kappa shape index (κ1) is 83.2. The molecule has 2 unspecified atom stereocenters. The van der Waals surface area contributed by atoms with E-state index < -0.39 is 26.5 Å². The Hall–Kier alpha value is -2.81. The van der Waals surface area contributed by atoms with E-state index in [2.05, 4.69) is 98.9 Å². The van der Waals surface area contributed by atoms with Gasteiger partial charge in [0.05, 0.1) is 27.7 Å². The number of rotatable bonds is 67. The third-order valence-corrected chi connectivity index (χ3v) is 16.9. The van der Waals surface area contributed by atoms with Gasteiger partial charge in [0.2, 0.25) is 0 Å². The normalized spacial score (nSPS) is 13.6. The first-order valence-corrected chi connectivity index (χ1v) is 37.8. The summed E-state index contributed by atoms with van der Waals surface area (Å²) in [6.45, 7) is 4.34. The topological polar surface area (TPSA) is 108 Å². The molecule has 0 aromatic rings. The molecule has 0 heterocycles. The highest BCUT2D eigenvalue weighted by molar-refractivity contribution is 7.47. The molecule has 0 saturated carbocycles. The summed E-state index contributed by atoms with van der Waals surface area (Å²) in [7, 11) is 1.46. The average molecular weight is 1230 g/mol. The molecular formula is C76H139NO8P+. The summed E-state index contributed by atoms with van der Waals surface area (Å²) in [6.07, 6.45) is 91.4. The Bertz CT molecular complexity index is 1730. The molecule has 2 atom stereocenters. The highest BCUT2D eigenvalue weighted by Gasteiger charge is 2.27. The molecule has 0 aromatic heterocycles. The van der Waals surface area contributed by atoms with Gasteiger partial charge in [-0.15, -0.1) is 0 Å². The molecule has 0 saturated heterocycles. The second-order valence-corrected chi connectivity index (χ2v) is 27.1. The zero-order valence-electron chi connectivity index (χ0n) is 57.0. The number of unbranched alkanes of at least 4 members (excludes halogenated alkanes) is 39. The molecule has 500 valence electrons. The Balaban J connectivity index is 4.02. The van der Waals surface area contributed by atoms with Gasteiger partial charge >= 0.3 is 19.8 Å². The van der Waals surface area contributed by atoms with Crippen molar-refractivity contribution < 1.29 is 42.1 Å². The highest BCUT2D eigenvalue weighted by atomic mass is 31.2. The number of carbonyl (C=O) groups is 2.